The summed E-state index contributed by atoms with van der Waals surface area (Å²) in [5, 5.41) is 3.33. The number of hydrogen-bond acceptors (Lipinski definition) is 9. The van der Waals surface area contributed by atoms with Gasteiger partial charge in [0.05, 0.1) is 28.4 Å². The first-order valence-electron chi connectivity index (χ1n) is 12.3. The van der Waals surface area contributed by atoms with Gasteiger partial charge in [0.15, 0.2) is 5.13 Å². The van der Waals surface area contributed by atoms with E-state index in [1.54, 1.807) is 33.0 Å². The summed E-state index contributed by atoms with van der Waals surface area (Å²) in [6.07, 6.45) is 3.74. The Balaban J connectivity index is 1.50. The van der Waals surface area contributed by atoms with E-state index in [4.69, 9.17) is 9.47 Å². The number of pyridine rings is 1. The fourth-order valence-electron chi connectivity index (χ4n) is 4.11. The minimum absolute atomic E-state index is 0.0161. The normalized spacial score (nSPS) is 14.2. The van der Waals surface area contributed by atoms with Crippen LogP contribution in [0.15, 0.2) is 41.4 Å². The van der Waals surface area contributed by atoms with E-state index in [1.807, 2.05) is 0 Å². The SMILES string of the molecule is CCOC(=O)c1ccc(NS(=O)(=O)c2cc(-c3sc(NC(=O)CC4CCOCC4)nc3C)cnc2C)cc1. The van der Waals surface area contributed by atoms with Gasteiger partial charge in [-0.05, 0) is 69.9 Å². The van der Waals surface area contributed by atoms with E-state index in [1.165, 1.54) is 35.6 Å². The Morgan fingerprint density at radius 2 is 1.84 bits per heavy atom. The maximum Gasteiger partial charge on any atom is 0.338 e. The van der Waals surface area contributed by atoms with Crippen LogP contribution in [0, 0.1) is 19.8 Å². The van der Waals surface area contributed by atoms with Gasteiger partial charge in [-0.3, -0.25) is 14.5 Å². The monoisotopic (exact) mass is 558 g/mol. The van der Waals surface area contributed by atoms with Crippen LogP contribution in [0.1, 0.15) is 47.9 Å². The van der Waals surface area contributed by atoms with E-state index >= 15 is 0 Å². The van der Waals surface area contributed by atoms with Gasteiger partial charge in [-0.25, -0.2) is 18.2 Å². The highest BCUT2D eigenvalue weighted by Gasteiger charge is 2.22. The summed E-state index contributed by atoms with van der Waals surface area (Å²) < 4.78 is 39.3. The second-order valence-corrected chi connectivity index (χ2v) is 11.6. The van der Waals surface area contributed by atoms with Crippen molar-refractivity contribution in [2.45, 2.75) is 44.9 Å². The molecule has 3 heterocycles. The average Bonchev–Trinajstić information content (AvgIpc) is 3.24. The fourth-order valence-corrected chi connectivity index (χ4v) is 6.35. The molecule has 3 aromatic rings. The number of carbonyl (C=O) groups excluding carboxylic acids is 2. The lowest BCUT2D eigenvalue weighted by molar-refractivity contribution is -0.117. The van der Waals surface area contributed by atoms with Crippen LogP contribution in [0.3, 0.4) is 0 Å². The molecule has 1 amide bonds. The number of rotatable bonds is 9. The lowest BCUT2D eigenvalue weighted by Crippen LogP contribution is -2.22. The van der Waals surface area contributed by atoms with E-state index < -0.39 is 16.0 Å². The maximum atomic E-state index is 13.2. The van der Waals surface area contributed by atoms with Crippen LogP contribution in [-0.4, -0.2) is 50.1 Å². The van der Waals surface area contributed by atoms with E-state index in [-0.39, 0.29) is 17.4 Å². The Bertz CT molecular complexity index is 1410. The predicted molar refractivity (Wildman–Crippen MR) is 145 cm³/mol. The van der Waals surface area contributed by atoms with Crippen molar-refractivity contribution in [3.63, 3.8) is 0 Å². The number of nitrogens with one attached hydrogen (secondary N) is 2. The topological polar surface area (TPSA) is 137 Å². The smallest absolute Gasteiger partial charge is 0.338 e. The molecule has 1 saturated heterocycles. The summed E-state index contributed by atoms with van der Waals surface area (Å²) >= 11 is 1.27. The van der Waals surface area contributed by atoms with Crippen LogP contribution < -0.4 is 10.0 Å². The molecule has 12 heteroatoms. The molecule has 0 saturated carbocycles. The molecule has 10 nitrogen and oxygen atoms in total. The van der Waals surface area contributed by atoms with E-state index in [0.717, 1.165) is 12.8 Å². The van der Waals surface area contributed by atoms with Crippen molar-refractivity contribution in [1.82, 2.24) is 9.97 Å². The molecule has 0 spiro atoms. The largest absolute Gasteiger partial charge is 0.462 e. The van der Waals surface area contributed by atoms with Crippen LogP contribution in [0.4, 0.5) is 10.8 Å². The Hall–Kier alpha value is -3.35. The molecule has 4 rings (SSSR count). The first-order chi connectivity index (χ1) is 18.2. The molecule has 1 aliphatic heterocycles. The van der Waals surface area contributed by atoms with Gasteiger partial charge >= 0.3 is 5.97 Å². The van der Waals surface area contributed by atoms with Crippen LogP contribution in [0.25, 0.3) is 10.4 Å². The third-order valence-electron chi connectivity index (χ3n) is 6.10. The number of aromatic nitrogens is 2. The van der Waals surface area contributed by atoms with Gasteiger partial charge in [0.2, 0.25) is 5.91 Å². The van der Waals surface area contributed by atoms with Crippen molar-refractivity contribution in [3.05, 3.63) is 53.5 Å². The molecule has 0 radical (unpaired) electrons. The predicted octanol–water partition coefficient (Wildman–Crippen LogP) is 4.55. The average molecular weight is 559 g/mol. The van der Waals surface area contributed by atoms with E-state index in [0.29, 0.717) is 63.8 Å². The van der Waals surface area contributed by atoms with Gasteiger partial charge in [0.1, 0.15) is 4.90 Å². The molecule has 38 heavy (non-hydrogen) atoms. The van der Waals surface area contributed by atoms with Gasteiger partial charge < -0.3 is 14.8 Å². The summed E-state index contributed by atoms with van der Waals surface area (Å²) in [4.78, 5) is 33.9. The quantitative estimate of drug-likeness (QED) is 0.365. The lowest BCUT2D eigenvalue weighted by atomic mass is 9.96. The third-order valence-corrected chi connectivity index (χ3v) is 8.72. The number of sulfonamides is 1. The van der Waals surface area contributed by atoms with Crippen molar-refractivity contribution in [2.75, 3.05) is 29.9 Å². The minimum atomic E-state index is -3.98. The zero-order chi connectivity index (χ0) is 27.3. The Morgan fingerprint density at radius 1 is 1.13 bits per heavy atom. The van der Waals surface area contributed by atoms with Crippen LogP contribution in [0.2, 0.25) is 0 Å². The molecule has 1 aromatic carbocycles. The number of hydrogen-bond donors (Lipinski definition) is 2. The molecule has 0 atom stereocenters. The lowest BCUT2D eigenvalue weighted by Gasteiger charge is -2.20. The zero-order valence-electron chi connectivity index (χ0n) is 21.4. The zero-order valence-corrected chi connectivity index (χ0v) is 23.1. The fraction of sp³-hybridized carbons (Fsp3) is 0.385. The number of aryl methyl sites for hydroxylation is 2. The van der Waals surface area contributed by atoms with Crippen molar-refractivity contribution in [3.8, 4) is 10.4 Å². The highest BCUT2D eigenvalue weighted by molar-refractivity contribution is 7.92. The number of amides is 1. The van der Waals surface area contributed by atoms with Gasteiger partial charge in [-0.2, -0.15) is 0 Å². The number of thiazole rings is 1. The maximum absolute atomic E-state index is 13.2. The molecule has 2 N–H and O–H groups in total. The molecular weight excluding hydrogens is 528 g/mol. The molecule has 0 unspecified atom stereocenters. The standard InChI is InChI=1S/C26H30N4O6S2/c1-4-36-25(32)19-5-7-21(8-6-19)30-38(33,34)22-14-20(15-27-16(22)2)24-17(3)28-26(37-24)29-23(31)13-18-9-11-35-12-10-18/h5-8,14-15,18,30H,4,9-13H2,1-3H3,(H,28,29,31). The van der Waals surface area contributed by atoms with Gasteiger partial charge in [0.25, 0.3) is 10.0 Å². The summed E-state index contributed by atoms with van der Waals surface area (Å²) in [6, 6.07) is 7.54. The molecule has 1 fully saturated rings. The van der Waals surface area contributed by atoms with Crippen molar-refractivity contribution in [1.29, 1.82) is 0 Å². The summed E-state index contributed by atoms with van der Waals surface area (Å²) in [7, 11) is -3.98. The molecule has 0 aliphatic carbocycles. The second kappa shape index (κ2) is 12.0. The minimum Gasteiger partial charge on any atom is -0.462 e. The number of benzene rings is 1. The highest BCUT2D eigenvalue weighted by Crippen LogP contribution is 2.34. The first kappa shape index (κ1) is 27.7. The Kier molecular flexibility index (Phi) is 8.75. The van der Waals surface area contributed by atoms with Gasteiger partial charge in [-0.15, -0.1) is 0 Å². The highest BCUT2D eigenvalue weighted by atomic mass is 32.2. The molecule has 2 aromatic heterocycles. The van der Waals surface area contributed by atoms with Gasteiger partial charge in [-0.1, -0.05) is 11.3 Å². The van der Waals surface area contributed by atoms with Gasteiger partial charge in [0, 0.05) is 37.1 Å². The number of esters is 1. The molecule has 0 bridgehead atoms. The first-order valence-corrected chi connectivity index (χ1v) is 14.6. The molecule has 202 valence electrons. The third kappa shape index (κ3) is 6.74. The number of anilines is 2. The molecule has 1 aliphatic rings. The Labute approximate surface area is 225 Å². The Morgan fingerprint density at radius 3 is 2.53 bits per heavy atom. The number of nitrogens with zero attached hydrogens (tertiary/aromatic N) is 2. The van der Waals surface area contributed by atoms with E-state index in [2.05, 4.69) is 20.0 Å². The van der Waals surface area contributed by atoms with Crippen molar-refractivity contribution >= 4 is 44.1 Å². The second-order valence-electron chi connectivity index (χ2n) is 8.95. The summed E-state index contributed by atoms with van der Waals surface area (Å²) in [6.45, 7) is 6.74. The molecular formula is C26H30N4O6S2. The summed E-state index contributed by atoms with van der Waals surface area (Å²) in [5.41, 5.74) is 2.19. The van der Waals surface area contributed by atoms with Crippen LogP contribution in [0.5, 0.6) is 0 Å². The van der Waals surface area contributed by atoms with Crippen molar-refractivity contribution < 1.29 is 27.5 Å². The number of carbonyl (C=O) groups is 2. The van der Waals surface area contributed by atoms with Crippen LogP contribution in [-0.2, 0) is 24.3 Å². The van der Waals surface area contributed by atoms with Crippen LogP contribution >= 0.6 is 11.3 Å². The summed E-state index contributed by atoms with van der Waals surface area (Å²) in [5.74, 6) is -0.276. The van der Waals surface area contributed by atoms with E-state index in [9.17, 15) is 18.0 Å². The number of ether oxygens (including phenoxy) is 2. The van der Waals surface area contributed by atoms with Crippen molar-refractivity contribution in [2.24, 2.45) is 5.92 Å².